The molecule has 21 heavy (non-hydrogen) atoms. The molecule has 2 rings (SSSR count). The second-order valence-corrected chi connectivity index (χ2v) is 6.28. The zero-order chi connectivity index (χ0) is 15.4. The number of rotatable bonds is 6. The first-order chi connectivity index (χ1) is 10.1. The van der Waals surface area contributed by atoms with Crippen molar-refractivity contribution < 1.29 is 9.53 Å². The molecule has 0 saturated carbocycles. The smallest absolute Gasteiger partial charge is 0.265 e. The van der Waals surface area contributed by atoms with Crippen molar-refractivity contribution in [2.75, 3.05) is 20.2 Å². The molecule has 0 aliphatic rings. The third-order valence-corrected chi connectivity index (χ3v) is 5.14. The second kappa shape index (κ2) is 7.14. The highest BCUT2D eigenvalue weighted by Crippen LogP contribution is 2.37. The number of nitrogens with zero attached hydrogens (tertiary/aromatic N) is 1. The van der Waals surface area contributed by atoms with Gasteiger partial charge >= 0.3 is 0 Å². The number of amides is 1. The van der Waals surface area contributed by atoms with Gasteiger partial charge in [-0.2, -0.15) is 0 Å². The highest BCUT2D eigenvalue weighted by molar-refractivity contribution is 7.21. The van der Waals surface area contributed by atoms with Crippen molar-refractivity contribution >= 4 is 38.9 Å². The van der Waals surface area contributed by atoms with Crippen LogP contribution < -0.4 is 4.74 Å². The number of unbranched alkanes of at least 4 members (excludes halogenated alkanes) is 1. The van der Waals surface area contributed by atoms with Gasteiger partial charge < -0.3 is 9.64 Å². The van der Waals surface area contributed by atoms with E-state index in [1.165, 1.54) is 11.3 Å². The van der Waals surface area contributed by atoms with E-state index in [2.05, 4.69) is 6.92 Å². The molecule has 0 spiro atoms. The van der Waals surface area contributed by atoms with Crippen LogP contribution in [0.2, 0.25) is 5.02 Å². The monoisotopic (exact) mass is 325 g/mol. The molecule has 1 aromatic carbocycles. The molecule has 114 valence electrons. The Morgan fingerprint density at radius 3 is 2.76 bits per heavy atom. The number of hydrogen-bond donors (Lipinski definition) is 0. The summed E-state index contributed by atoms with van der Waals surface area (Å²) in [5.41, 5.74) is 0. The number of carbonyl (C=O) groups excluding carboxylic acids is 1. The lowest BCUT2D eigenvalue weighted by Crippen LogP contribution is -2.31. The summed E-state index contributed by atoms with van der Waals surface area (Å²) in [4.78, 5) is 15.1. The third kappa shape index (κ3) is 3.33. The van der Waals surface area contributed by atoms with Crippen LogP contribution in [-0.2, 0) is 0 Å². The maximum absolute atomic E-state index is 12.6. The Balaban J connectivity index is 2.36. The van der Waals surface area contributed by atoms with E-state index < -0.39 is 0 Å². The molecule has 0 fully saturated rings. The number of methoxy groups -OCH3 is 1. The first kappa shape index (κ1) is 16.1. The van der Waals surface area contributed by atoms with Crippen molar-refractivity contribution in [2.24, 2.45) is 0 Å². The predicted octanol–water partition coefficient (Wildman–Crippen LogP) is 4.83. The minimum Gasteiger partial charge on any atom is -0.497 e. The number of fused-ring (bicyclic) bond motifs is 1. The van der Waals surface area contributed by atoms with E-state index in [1.54, 1.807) is 7.11 Å². The van der Waals surface area contributed by atoms with E-state index in [0.717, 1.165) is 35.2 Å². The molecule has 0 N–H and O–H groups in total. The Bertz CT molecular complexity index is 638. The Labute approximate surface area is 134 Å². The maximum atomic E-state index is 12.6. The van der Waals surface area contributed by atoms with E-state index in [0.29, 0.717) is 16.4 Å². The van der Waals surface area contributed by atoms with Crippen LogP contribution >= 0.6 is 22.9 Å². The van der Waals surface area contributed by atoms with Gasteiger partial charge in [0.1, 0.15) is 10.6 Å². The Kier molecular flexibility index (Phi) is 5.48. The van der Waals surface area contributed by atoms with Crippen molar-refractivity contribution in [3.05, 3.63) is 28.1 Å². The fourth-order valence-electron chi connectivity index (χ4n) is 2.21. The molecule has 5 heteroatoms. The number of halogens is 1. The molecule has 2 aromatic rings. The van der Waals surface area contributed by atoms with Crippen LogP contribution in [0, 0.1) is 0 Å². The van der Waals surface area contributed by atoms with Crippen LogP contribution in [0.3, 0.4) is 0 Å². The number of thiophene rings is 1. The molecule has 0 saturated heterocycles. The summed E-state index contributed by atoms with van der Waals surface area (Å²) in [6.45, 7) is 5.60. The summed E-state index contributed by atoms with van der Waals surface area (Å²) in [5, 5.41) is 1.42. The van der Waals surface area contributed by atoms with Crippen molar-refractivity contribution in [1.82, 2.24) is 4.90 Å². The van der Waals surface area contributed by atoms with Crippen molar-refractivity contribution in [3.8, 4) is 5.75 Å². The molecule has 0 bridgehead atoms. The molecule has 0 aliphatic heterocycles. The number of hydrogen-bond acceptors (Lipinski definition) is 3. The molecular formula is C16H20ClNO2S. The minimum atomic E-state index is 0.0242. The van der Waals surface area contributed by atoms with Gasteiger partial charge in [-0.1, -0.05) is 24.9 Å². The number of ether oxygens (including phenoxy) is 1. The fraction of sp³-hybridized carbons (Fsp3) is 0.438. The second-order valence-electron chi connectivity index (χ2n) is 4.85. The van der Waals surface area contributed by atoms with Gasteiger partial charge in [-0.3, -0.25) is 4.79 Å². The molecule has 1 aromatic heterocycles. The largest absolute Gasteiger partial charge is 0.497 e. The SMILES string of the molecule is CCCCN(CC)C(=O)c1sc2ccc(OC)cc2c1Cl. The first-order valence-electron chi connectivity index (χ1n) is 7.17. The van der Waals surface area contributed by atoms with Crippen LogP contribution in [-0.4, -0.2) is 31.0 Å². The summed E-state index contributed by atoms with van der Waals surface area (Å²) in [5.74, 6) is 0.774. The summed E-state index contributed by atoms with van der Waals surface area (Å²) in [6, 6.07) is 5.72. The van der Waals surface area contributed by atoms with E-state index in [1.807, 2.05) is 30.0 Å². The van der Waals surface area contributed by atoms with Gasteiger partial charge in [0.05, 0.1) is 12.1 Å². The fourth-order valence-corrected chi connectivity index (χ4v) is 3.66. The van der Waals surface area contributed by atoms with Gasteiger partial charge in [-0.05, 0) is 31.5 Å². The van der Waals surface area contributed by atoms with Gasteiger partial charge in [-0.15, -0.1) is 11.3 Å². The molecule has 1 amide bonds. The Morgan fingerprint density at radius 1 is 1.38 bits per heavy atom. The van der Waals surface area contributed by atoms with Crippen LogP contribution in [0.4, 0.5) is 0 Å². The quantitative estimate of drug-likeness (QED) is 0.761. The average molecular weight is 326 g/mol. The highest BCUT2D eigenvalue weighted by Gasteiger charge is 2.21. The van der Waals surface area contributed by atoms with E-state index in [9.17, 15) is 4.79 Å². The lowest BCUT2D eigenvalue weighted by atomic mass is 10.2. The molecular weight excluding hydrogens is 306 g/mol. The molecule has 1 heterocycles. The summed E-state index contributed by atoms with van der Waals surface area (Å²) in [7, 11) is 1.62. The van der Waals surface area contributed by atoms with E-state index in [-0.39, 0.29) is 5.91 Å². The first-order valence-corrected chi connectivity index (χ1v) is 8.37. The average Bonchev–Trinajstić information content (AvgIpc) is 2.84. The Morgan fingerprint density at radius 2 is 2.14 bits per heavy atom. The maximum Gasteiger partial charge on any atom is 0.265 e. The van der Waals surface area contributed by atoms with Crippen molar-refractivity contribution in [2.45, 2.75) is 26.7 Å². The minimum absolute atomic E-state index is 0.0242. The van der Waals surface area contributed by atoms with Gasteiger partial charge in [0, 0.05) is 23.2 Å². The standard InChI is InChI=1S/C16H20ClNO2S/c1-4-6-9-18(5-2)16(19)15-14(17)12-10-11(20-3)7-8-13(12)21-15/h7-8,10H,4-6,9H2,1-3H3. The topological polar surface area (TPSA) is 29.5 Å². The summed E-state index contributed by atoms with van der Waals surface area (Å²) >= 11 is 7.87. The normalized spacial score (nSPS) is 10.9. The van der Waals surface area contributed by atoms with E-state index in [4.69, 9.17) is 16.3 Å². The van der Waals surface area contributed by atoms with Crippen molar-refractivity contribution in [3.63, 3.8) is 0 Å². The van der Waals surface area contributed by atoms with Crippen LogP contribution in [0.5, 0.6) is 5.75 Å². The van der Waals surface area contributed by atoms with Gasteiger partial charge in [0.2, 0.25) is 0 Å². The van der Waals surface area contributed by atoms with Gasteiger partial charge in [0.15, 0.2) is 0 Å². The molecule has 0 aliphatic carbocycles. The zero-order valence-electron chi connectivity index (χ0n) is 12.6. The number of carbonyl (C=O) groups is 1. The third-order valence-electron chi connectivity index (χ3n) is 3.48. The van der Waals surface area contributed by atoms with Gasteiger partial charge in [-0.25, -0.2) is 0 Å². The lowest BCUT2D eigenvalue weighted by Gasteiger charge is -2.19. The van der Waals surface area contributed by atoms with E-state index >= 15 is 0 Å². The molecule has 0 atom stereocenters. The Hall–Kier alpha value is -1.26. The summed E-state index contributed by atoms with van der Waals surface area (Å²) in [6.07, 6.45) is 2.08. The molecule has 0 radical (unpaired) electrons. The predicted molar refractivity (Wildman–Crippen MR) is 89.9 cm³/mol. The van der Waals surface area contributed by atoms with Gasteiger partial charge in [0.25, 0.3) is 5.91 Å². The molecule has 0 unspecified atom stereocenters. The van der Waals surface area contributed by atoms with Crippen LogP contribution in [0.15, 0.2) is 18.2 Å². The summed E-state index contributed by atoms with van der Waals surface area (Å²) < 4.78 is 6.23. The molecule has 3 nitrogen and oxygen atoms in total. The van der Waals surface area contributed by atoms with Crippen LogP contribution in [0.1, 0.15) is 36.4 Å². The highest BCUT2D eigenvalue weighted by atomic mass is 35.5. The zero-order valence-corrected chi connectivity index (χ0v) is 14.2. The number of benzene rings is 1. The lowest BCUT2D eigenvalue weighted by molar-refractivity contribution is 0.0767. The van der Waals surface area contributed by atoms with Crippen molar-refractivity contribution in [1.29, 1.82) is 0 Å². The van der Waals surface area contributed by atoms with Crippen LogP contribution in [0.25, 0.3) is 10.1 Å².